The van der Waals surface area contributed by atoms with Crippen molar-refractivity contribution in [3.63, 3.8) is 0 Å². The maximum Gasteiger partial charge on any atom is 0.135 e. The number of rotatable bonds is 2. The SMILES string of the molecule is COCC1OC(N)C(O)C1O. The van der Waals surface area contributed by atoms with E-state index in [0.29, 0.717) is 0 Å². The Labute approximate surface area is 64.7 Å². The van der Waals surface area contributed by atoms with Gasteiger partial charge in [-0.05, 0) is 0 Å². The number of nitrogens with two attached hydrogens (primary N) is 1. The highest BCUT2D eigenvalue weighted by Crippen LogP contribution is 2.17. The predicted molar refractivity (Wildman–Crippen MR) is 36.7 cm³/mol. The Kier molecular flexibility index (Phi) is 2.80. The van der Waals surface area contributed by atoms with Crippen molar-refractivity contribution in [2.75, 3.05) is 13.7 Å². The van der Waals surface area contributed by atoms with E-state index >= 15 is 0 Å². The van der Waals surface area contributed by atoms with Crippen LogP contribution in [0.4, 0.5) is 0 Å². The third kappa shape index (κ3) is 1.69. The molecule has 0 aromatic carbocycles. The summed E-state index contributed by atoms with van der Waals surface area (Å²) in [6.45, 7) is 0.242. The van der Waals surface area contributed by atoms with Crippen LogP contribution in [0.2, 0.25) is 0 Å². The second kappa shape index (κ2) is 3.46. The highest BCUT2D eigenvalue weighted by atomic mass is 16.6. The summed E-state index contributed by atoms with van der Waals surface area (Å²) in [5.74, 6) is 0. The van der Waals surface area contributed by atoms with Gasteiger partial charge in [-0.25, -0.2) is 0 Å². The first-order chi connectivity index (χ1) is 5.16. The van der Waals surface area contributed by atoms with E-state index in [-0.39, 0.29) is 6.61 Å². The Morgan fingerprint density at radius 1 is 1.45 bits per heavy atom. The Hall–Kier alpha value is -0.200. The molecule has 0 aromatic rings. The molecule has 66 valence electrons. The average Bonchev–Trinajstić information content (AvgIpc) is 2.19. The smallest absolute Gasteiger partial charge is 0.135 e. The van der Waals surface area contributed by atoms with Crippen LogP contribution in [0, 0.1) is 0 Å². The second-order valence-corrected chi connectivity index (χ2v) is 2.58. The van der Waals surface area contributed by atoms with Gasteiger partial charge in [0.05, 0.1) is 6.61 Å². The molecule has 0 aromatic heterocycles. The Balaban J connectivity index is 2.45. The Bertz CT molecular complexity index is 132. The first kappa shape index (κ1) is 8.89. The Morgan fingerprint density at radius 3 is 2.45 bits per heavy atom. The predicted octanol–water partition coefficient (Wildman–Crippen LogP) is -1.96. The number of methoxy groups -OCH3 is 1. The van der Waals surface area contributed by atoms with Gasteiger partial charge in [0.1, 0.15) is 24.5 Å². The lowest BCUT2D eigenvalue weighted by Crippen LogP contribution is -2.37. The molecular weight excluding hydrogens is 150 g/mol. The maximum atomic E-state index is 9.22. The number of hydrogen-bond donors (Lipinski definition) is 3. The van der Waals surface area contributed by atoms with Crippen molar-refractivity contribution in [1.82, 2.24) is 0 Å². The van der Waals surface area contributed by atoms with E-state index in [1.165, 1.54) is 7.11 Å². The molecule has 1 heterocycles. The molecule has 4 N–H and O–H groups in total. The molecule has 1 aliphatic rings. The molecule has 5 heteroatoms. The molecule has 0 aliphatic carbocycles. The third-order valence-electron chi connectivity index (χ3n) is 1.73. The highest BCUT2D eigenvalue weighted by Gasteiger charge is 2.40. The number of ether oxygens (including phenoxy) is 2. The summed E-state index contributed by atoms with van der Waals surface area (Å²) >= 11 is 0. The lowest BCUT2D eigenvalue weighted by molar-refractivity contribution is -0.0315. The van der Waals surface area contributed by atoms with Crippen molar-refractivity contribution < 1.29 is 19.7 Å². The van der Waals surface area contributed by atoms with Gasteiger partial charge in [0.2, 0.25) is 0 Å². The average molecular weight is 163 g/mol. The summed E-state index contributed by atoms with van der Waals surface area (Å²) in [5, 5.41) is 18.3. The van der Waals surface area contributed by atoms with Gasteiger partial charge >= 0.3 is 0 Å². The van der Waals surface area contributed by atoms with E-state index in [0.717, 1.165) is 0 Å². The van der Waals surface area contributed by atoms with Crippen molar-refractivity contribution in [3.8, 4) is 0 Å². The van der Waals surface area contributed by atoms with Crippen molar-refractivity contribution >= 4 is 0 Å². The summed E-state index contributed by atoms with van der Waals surface area (Å²) in [6.07, 6.45) is -3.25. The fourth-order valence-electron chi connectivity index (χ4n) is 1.08. The molecule has 0 saturated carbocycles. The molecule has 1 fully saturated rings. The van der Waals surface area contributed by atoms with Gasteiger partial charge in [-0.3, -0.25) is 0 Å². The van der Waals surface area contributed by atoms with Gasteiger partial charge in [-0.2, -0.15) is 0 Å². The van der Waals surface area contributed by atoms with E-state index < -0.39 is 24.5 Å². The van der Waals surface area contributed by atoms with E-state index in [4.69, 9.17) is 20.3 Å². The number of hydrogen-bond acceptors (Lipinski definition) is 5. The monoisotopic (exact) mass is 163 g/mol. The third-order valence-corrected chi connectivity index (χ3v) is 1.73. The van der Waals surface area contributed by atoms with Crippen LogP contribution >= 0.6 is 0 Å². The standard InChI is InChI=1S/C6H13NO4/c1-10-2-3-4(8)5(9)6(7)11-3/h3-6,8-9H,2,7H2,1H3. The summed E-state index contributed by atoms with van der Waals surface area (Å²) < 4.78 is 9.72. The second-order valence-electron chi connectivity index (χ2n) is 2.58. The normalized spacial score (nSPS) is 44.7. The largest absolute Gasteiger partial charge is 0.387 e. The van der Waals surface area contributed by atoms with Gasteiger partial charge in [0, 0.05) is 7.11 Å². The van der Waals surface area contributed by atoms with Gasteiger partial charge in [0.15, 0.2) is 0 Å². The molecule has 11 heavy (non-hydrogen) atoms. The topological polar surface area (TPSA) is 84.9 Å². The number of aliphatic hydroxyl groups excluding tert-OH is 2. The van der Waals surface area contributed by atoms with E-state index in [2.05, 4.69) is 0 Å². The van der Waals surface area contributed by atoms with Crippen LogP contribution in [0.3, 0.4) is 0 Å². The van der Waals surface area contributed by atoms with Crippen LogP contribution in [0.1, 0.15) is 0 Å². The van der Waals surface area contributed by atoms with Crippen molar-refractivity contribution in [2.24, 2.45) is 5.73 Å². The Morgan fingerprint density at radius 2 is 2.09 bits per heavy atom. The fraction of sp³-hybridized carbons (Fsp3) is 1.00. The van der Waals surface area contributed by atoms with E-state index in [1.807, 2.05) is 0 Å². The zero-order valence-corrected chi connectivity index (χ0v) is 6.30. The summed E-state index contributed by atoms with van der Waals surface area (Å²) in [4.78, 5) is 0. The fourth-order valence-corrected chi connectivity index (χ4v) is 1.08. The lowest BCUT2D eigenvalue weighted by Gasteiger charge is -2.12. The molecule has 1 saturated heterocycles. The van der Waals surface area contributed by atoms with Crippen molar-refractivity contribution in [2.45, 2.75) is 24.5 Å². The molecule has 5 nitrogen and oxygen atoms in total. The zero-order valence-electron chi connectivity index (χ0n) is 6.30. The zero-order chi connectivity index (χ0) is 8.43. The molecule has 0 amide bonds. The van der Waals surface area contributed by atoms with Crippen molar-refractivity contribution in [3.05, 3.63) is 0 Å². The van der Waals surface area contributed by atoms with Crippen LogP contribution in [-0.4, -0.2) is 48.5 Å². The summed E-state index contributed by atoms with van der Waals surface area (Å²) in [6, 6.07) is 0. The van der Waals surface area contributed by atoms with Gasteiger partial charge in [0.25, 0.3) is 0 Å². The van der Waals surface area contributed by atoms with Gasteiger partial charge < -0.3 is 25.4 Å². The van der Waals surface area contributed by atoms with Gasteiger partial charge in [-0.15, -0.1) is 0 Å². The number of aliphatic hydroxyl groups is 2. The van der Waals surface area contributed by atoms with Gasteiger partial charge in [-0.1, -0.05) is 0 Å². The van der Waals surface area contributed by atoms with E-state index in [1.54, 1.807) is 0 Å². The van der Waals surface area contributed by atoms with Crippen LogP contribution < -0.4 is 5.73 Å². The molecule has 4 unspecified atom stereocenters. The molecule has 0 spiro atoms. The lowest BCUT2D eigenvalue weighted by atomic mass is 10.1. The summed E-state index contributed by atoms with van der Waals surface area (Å²) in [7, 11) is 1.49. The molecule has 0 radical (unpaired) electrons. The molecule has 0 bridgehead atoms. The first-order valence-electron chi connectivity index (χ1n) is 3.43. The molecular formula is C6H13NO4. The quantitative estimate of drug-likeness (QED) is 0.440. The minimum Gasteiger partial charge on any atom is -0.387 e. The maximum absolute atomic E-state index is 9.22. The minimum atomic E-state index is -1.00. The van der Waals surface area contributed by atoms with Crippen LogP contribution in [-0.2, 0) is 9.47 Å². The highest BCUT2D eigenvalue weighted by molar-refractivity contribution is 4.87. The summed E-state index contributed by atoms with van der Waals surface area (Å²) in [5.41, 5.74) is 5.30. The van der Waals surface area contributed by atoms with Crippen LogP contribution in [0.15, 0.2) is 0 Å². The van der Waals surface area contributed by atoms with Crippen LogP contribution in [0.5, 0.6) is 0 Å². The van der Waals surface area contributed by atoms with Crippen molar-refractivity contribution in [1.29, 1.82) is 0 Å². The van der Waals surface area contributed by atoms with Crippen LogP contribution in [0.25, 0.3) is 0 Å². The molecule has 4 atom stereocenters. The molecule has 1 rings (SSSR count). The molecule has 1 aliphatic heterocycles. The first-order valence-corrected chi connectivity index (χ1v) is 3.43. The minimum absolute atomic E-state index is 0.242. The van der Waals surface area contributed by atoms with E-state index in [9.17, 15) is 5.11 Å².